The molecule has 0 saturated carbocycles. The van der Waals surface area contributed by atoms with E-state index in [-0.39, 0.29) is 10.9 Å². The molecule has 0 amide bonds. The molecule has 1 aromatic heterocycles. The fourth-order valence-corrected chi connectivity index (χ4v) is 1.25. The van der Waals surface area contributed by atoms with Crippen LogP contribution in [-0.4, -0.2) is 34.0 Å². The van der Waals surface area contributed by atoms with Crippen LogP contribution in [0.4, 0.5) is 13.2 Å². The summed E-state index contributed by atoms with van der Waals surface area (Å²) < 4.78 is 40.4. The monoisotopic (exact) mass is 241 g/mol. The zero-order valence-electron chi connectivity index (χ0n) is 7.46. The van der Waals surface area contributed by atoms with E-state index in [1.165, 1.54) is 7.11 Å². The molecule has 0 aromatic carbocycles. The number of aromatic nitrogens is 3. The molecule has 1 aromatic rings. The standard InChI is InChI=1S/C6H6F3N3O2S/c1-14-3(13)2-15-5-10-4(11-12-5)6(7,8)9/h2H2,1H3,(H,10,11,12). The number of rotatable bonds is 3. The number of aromatic amines is 1. The van der Waals surface area contributed by atoms with Crippen molar-refractivity contribution >= 4 is 17.7 Å². The lowest BCUT2D eigenvalue weighted by molar-refractivity contribution is -0.144. The van der Waals surface area contributed by atoms with E-state index in [1.807, 2.05) is 0 Å². The lowest BCUT2D eigenvalue weighted by Crippen LogP contribution is -2.07. The Balaban J connectivity index is 2.58. The molecule has 15 heavy (non-hydrogen) atoms. The normalized spacial score (nSPS) is 11.5. The summed E-state index contributed by atoms with van der Waals surface area (Å²) in [7, 11) is 1.18. The van der Waals surface area contributed by atoms with Gasteiger partial charge < -0.3 is 4.74 Å². The average molecular weight is 241 g/mol. The van der Waals surface area contributed by atoms with Crippen LogP contribution in [0.1, 0.15) is 5.82 Å². The van der Waals surface area contributed by atoms with Crippen molar-refractivity contribution in [3.8, 4) is 0 Å². The number of hydrogen-bond donors (Lipinski definition) is 1. The van der Waals surface area contributed by atoms with Crippen molar-refractivity contribution in [2.45, 2.75) is 11.3 Å². The van der Waals surface area contributed by atoms with Gasteiger partial charge in [-0.3, -0.25) is 9.89 Å². The van der Waals surface area contributed by atoms with Crippen molar-refractivity contribution in [1.29, 1.82) is 0 Å². The summed E-state index contributed by atoms with van der Waals surface area (Å²) in [5.41, 5.74) is 0. The molecule has 0 aliphatic carbocycles. The highest BCUT2D eigenvalue weighted by Crippen LogP contribution is 2.27. The minimum atomic E-state index is -4.56. The highest BCUT2D eigenvalue weighted by Gasteiger charge is 2.35. The fourth-order valence-electron chi connectivity index (χ4n) is 0.620. The average Bonchev–Trinajstić information content (AvgIpc) is 2.61. The van der Waals surface area contributed by atoms with Gasteiger partial charge in [-0.1, -0.05) is 11.8 Å². The van der Waals surface area contributed by atoms with Gasteiger partial charge in [-0.15, -0.1) is 5.10 Å². The number of nitrogens with zero attached hydrogens (tertiary/aromatic N) is 2. The Bertz CT molecular complexity index is 352. The van der Waals surface area contributed by atoms with Crippen molar-refractivity contribution in [3.63, 3.8) is 0 Å². The molecule has 0 saturated heterocycles. The minimum absolute atomic E-state index is 0.133. The zero-order valence-corrected chi connectivity index (χ0v) is 8.28. The third-order valence-corrected chi connectivity index (χ3v) is 2.10. The van der Waals surface area contributed by atoms with Gasteiger partial charge in [0, 0.05) is 0 Å². The van der Waals surface area contributed by atoms with E-state index in [1.54, 1.807) is 5.10 Å². The van der Waals surface area contributed by atoms with Crippen molar-refractivity contribution in [2.24, 2.45) is 0 Å². The van der Waals surface area contributed by atoms with Crippen LogP contribution in [0, 0.1) is 0 Å². The molecule has 0 radical (unpaired) electrons. The van der Waals surface area contributed by atoms with Crippen molar-refractivity contribution < 1.29 is 22.7 Å². The number of thioether (sulfide) groups is 1. The third kappa shape index (κ3) is 3.42. The Morgan fingerprint density at radius 2 is 2.27 bits per heavy atom. The van der Waals surface area contributed by atoms with Gasteiger partial charge in [0.25, 0.3) is 0 Å². The second-order valence-corrected chi connectivity index (χ2v) is 3.27. The SMILES string of the molecule is COC(=O)CSc1n[nH]c(C(F)(F)F)n1. The van der Waals surface area contributed by atoms with Gasteiger partial charge >= 0.3 is 12.1 Å². The van der Waals surface area contributed by atoms with Crippen LogP contribution in [-0.2, 0) is 15.7 Å². The molecule has 9 heteroatoms. The number of carbonyl (C=O) groups excluding carboxylic acids is 1. The van der Waals surface area contributed by atoms with Crippen LogP contribution in [0.5, 0.6) is 0 Å². The van der Waals surface area contributed by atoms with E-state index in [9.17, 15) is 18.0 Å². The van der Waals surface area contributed by atoms with E-state index in [0.29, 0.717) is 0 Å². The van der Waals surface area contributed by atoms with E-state index in [4.69, 9.17) is 0 Å². The molecule has 1 N–H and O–H groups in total. The summed E-state index contributed by atoms with van der Waals surface area (Å²) in [5, 5.41) is 4.87. The van der Waals surface area contributed by atoms with Crippen LogP contribution in [0.2, 0.25) is 0 Å². The van der Waals surface area contributed by atoms with Gasteiger partial charge in [-0.25, -0.2) is 0 Å². The summed E-state index contributed by atoms with van der Waals surface area (Å²) in [5.74, 6) is -1.88. The van der Waals surface area contributed by atoms with Crippen LogP contribution < -0.4 is 0 Å². The lowest BCUT2D eigenvalue weighted by atomic mass is 10.6. The Labute approximate surface area is 86.4 Å². The van der Waals surface area contributed by atoms with Gasteiger partial charge in [0.05, 0.1) is 12.9 Å². The maximum atomic E-state index is 12.0. The summed E-state index contributed by atoms with van der Waals surface area (Å²) in [6.07, 6.45) is -4.56. The molecular weight excluding hydrogens is 235 g/mol. The number of halogens is 3. The summed E-state index contributed by atoms with van der Waals surface area (Å²) in [4.78, 5) is 13.8. The van der Waals surface area contributed by atoms with E-state index in [2.05, 4.69) is 14.8 Å². The quantitative estimate of drug-likeness (QED) is 0.633. The lowest BCUT2D eigenvalue weighted by Gasteiger charge is -1.98. The molecule has 0 spiro atoms. The summed E-state index contributed by atoms with van der Waals surface area (Å²) in [6.45, 7) is 0. The van der Waals surface area contributed by atoms with E-state index in [0.717, 1.165) is 11.8 Å². The van der Waals surface area contributed by atoms with Gasteiger partial charge in [-0.2, -0.15) is 18.2 Å². The van der Waals surface area contributed by atoms with Gasteiger partial charge in [0.15, 0.2) is 0 Å². The van der Waals surface area contributed by atoms with Gasteiger partial charge in [0.2, 0.25) is 11.0 Å². The molecule has 5 nitrogen and oxygen atoms in total. The number of ether oxygens (including phenoxy) is 1. The predicted molar refractivity (Wildman–Crippen MR) is 44.1 cm³/mol. The van der Waals surface area contributed by atoms with Crippen molar-refractivity contribution in [3.05, 3.63) is 5.82 Å². The fraction of sp³-hybridized carbons (Fsp3) is 0.500. The Morgan fingerprint density at radius 3 is 2.73 bits per heavy atom. The topological polar surface area (TPSA) is 67.9 Å². The van der Waals surface area contributed by atoms with Crippen LogP contribution in [0.3, 0.4) is 0 Å². The molecule has 0 aliphatic rings. The van der Waals surface area contributed by atoms with Crippen molar-refractivity contribution in [2.75, 3.05) is 12.9 Å². The second-order valence-electron chi connectivity index (χ2n) is 2.33. The molecule has 1 rings (SSSR count). The first-order valence-electron chi connectivity index (χ1n) is 3.62. The number of carbonyl (C=O) groups is 1. The van der Waals surface area contributed by atoms with Crippen LogP contribution in [0.15, 0.2) is 5.16 Å². The van der Waals surface area contributed by atoms with E-state index < -0.39 is 18.0 Å². The predicted octanol–water partition coefficient (Wildman–Crippen LogP) is 1.09. The maximum absolute atomic E-state index is 12.0. The number of H-pyrrole nitrogens is 1. The summed E-state index contributed by atoms with van der Waals surface area (Å²) >= 11 is 0.762. The Morgan fingerprint density at radius 1 is 1.60 bits per heavy atom. The number of alkyl halides is 3. The zero-order chi connectivity index (χ0) is 11.5. The maximum Gasteiger partial charge on any atom is 0.451 e. The smallest absolute Gasteiger partial charge is 0.451 e. The number of nitrogens with one attached hydrogen (secondary N) is 1. The molecule has 0 fully saturated rings. The third-order valence-electron chi connectivity index (χ3n) is 1.28. The Hall–Kier alpha value is -1.25. The highest BCUT2D eigenvalue weighted by molar-refractivity contribution is 7.99. The first-order valence-corrected chi connectivity index (χ1v) is 4.61. The summed E-state index contributed by atoms with van der Waals surface area (Å²) in [6, 6.07) is 0. The van der Waals surface area contributed by atoms with Crippen LogP contribution >= 0.6 is 11.8 Å². The molecule has 84 valence electrons. The second kappa shape index (κ2) is 4.51. The molecule has 1 heterocycles. The van der Waals surface area contributed by atoms with Gasteiger partial charge in [0.1, 0.15) is 0 Å². The number of hydrogen-bond acceptors (Lipinski definition) is 5. The molecule has 0 aliphatic heterocycles. The number of methoxy groups -OCH3 is 1. The highest BCUT2D eigenvalue weighted by atomic mass is 32.2. The van der Waals surface area contributed by atoms with E-state index >= 15 is 0 Å². The minimum Gasteiger partial charge on any atom is -0.468 e. The Kier molecular flexibility index (Phi) is 3.56. The largest absolute Gasteiger partial charge is 0.468 e. The molecular formula is C6H6F3N3O2S. The van der Waals surface area contributed by atoms with Crippen LogP contribution in [0.25, 0.3) is 0 Å². The molecule has 0 atom stereocenters. The number of esters is 1. The van der Waals surface area contributed by atoms with Gasteiger partial charge in [-0.05, 0) is 0 Å². The van der Waals surface area contributed by atoms with Crippen molar-refractivity contribution in [1.82, 2.24) is 15.2 Å². The first kappa shape index (κ1) is 11.8. The molecule has 0 unspecified atom stereocenters. The first-order chi connectivity index (χ1) is 6.93. The molecule has 0 bridgehead atoms.